The van der Waals surface area contributed by atoms with Gasteiger partial charge in [-0.15, -0.1) is 5.10 Å². The van der Waals surface area contributed by atoms with Crippen molar-refractivity contribution in [3.8, 4) is 0 Å². The maximum atomic E-state index is 6.15. The van der Waals surface area contributed by atoms with Crippen molar-refractivity contribution in [1.29, 1.82) is 0 Å². The Kier molecular flexibility index (Phi) is 4.76. The summed E-state index contributed by atoms with van der Waals surface area (Å²) >= 11 is 6.15. The molecule has 0 spiro atoms. The Balaban J connectivity index is 1.77. The Morgan fingerprint density at radius 1 is 1.43 bits per heavy atom. The molecule has 1 unspecified atom stereocenters. The van der Waals surface area contributed by atoms with Gasteiger partial charge < -0.3 is 15.1 Å². The predicted molar refractivity (Wildman–Crippen MR) is 92.3 cm³/mol. The van der Waals surface area contributed by atoms with Gasteiger partial charge in [-0.25, -0.2) is 9.97 Å². The minimum atomic E-state index is 0.371. The molecule has 0 aliphatic carbocycles. The Bertz CT molecular complexity index is 652. The first kappa shape index (κ1) is 15.7. The van der Waals surface area contributed by atoms with Gasteiger partial charge in [0.05, 0.1) is 0 Å². The Morgan fingerprint density at radius 2 is 2.30 bits per heavy atom. The minimum Gasteiger partial charge on any atom is -0.383 e. The van der Waals surface area contributed by atoms with Crippen LogP contribution in [0.1, 0.15) is 12.8 Å². The SMILES string of the molecule is CNc1c(Cl)ncnc1N(C)CC1CCCN1c1cccnn1. The fourth-order valence-electron chi connectivity index (χ4n) is 3.04. The van der Waals surface area contributed by atoms with Crippen molar-refractivity contribution < 1.29 is 0 Å². The summed E-state index contributed by atoms with van der Waals surface area (Å²) in [6.07, 6.45) is 5.46. The van der Waals surface area contributed by atoms with E-state index in [0.717, 1.165) is 43.3 Å². The Hall–Kier alpha value is -2.15. The lowest BCUT2D eigenvalue weighted by Crippen LogP contribution is -2.40. The largest absolute Gasteiger partial charge is 0.383 e. The predicted octanol–water partition coefficient (Wildman–Crippen LogP) is 2.07. The number of aromatic nitrogens is 4. The average molecular weight is 334 g/mol. The fraction of sp³-hybridized carbons (Fsp3) is 0.467. The first-order chi connectivity index (χ1) is 11.2. The van der Waals surface area contributed by atoms with E-state index < -0.39 is 0 Å². The zero-order valence-electron chi connectivity index (χ0n) is 13.3. The number of hydrogen-bond acceptors (Lipinski definition) is 7. The highest BCUT2D eigenvalue weighted by Crippen LogP contribution is 2.30. The first-order valence-electron chi connectivity index (χ1n) is 7.64. The number of anilines is 3. The number of halogens is 1. The molecule has 3 rings (SSSR count). The normalized spacial score (nSPS) is 17.3. The van der Waals surface area contributed by atoms with Crippen molar-refractivity contribution in [1.82, 2.24) is 20.2 Å². The summed E-state index contributed by atoms with van der Waals surface area (Å²) < 4.78 is 0. The van der Waals surface area contributed by atoms with Gasteiger partial charge >= 0.3 is 0 Å². The third kappa shape index (κ3) is 3.29. The van der Waals surface area contributed by atoms with E-state index in [2.05, 4.69) is 35.3 Å². The van der Waals surface area contributed by atoms with Crippen LogP contribution < -0.4 is 15.1 Å². The highest BCUT2D eigenvalue weighted by Gasteiger charge is 2.28. The molecule has 2 aromatic rings. The topological polar surface area (TPSA) is 70.1 Å². The van der Waals surface area contributed by atoms with Gasteiger partial charge in [0.15, 0.2) is 16.8 Å². The Morgan fingerprint density at radius 3 is 3.04 bits per heavy atom. The van der Waals surface area contributed by atoms with Gasteiger partial charge in [-0.3, -0.25) is 0 Å². The van der Waals surface area contributed by atoms with E-state index >= 15 is 0 Å². The van der Waals surface area contributed by atoms with Crippen LogP contribution in [0, 0.1) is 0 Å². The molecular weight excluding hydrogens is 314 g/mol. The molecule has 0 amide bonds. The molecule has 1 aliphatic rings. The second-order valence-corrected chi connectivity index (χ2v) is 5.92. The average Bonchev–Trinajstić information content (AvgIpc) is 3.03. The fourth-order valence-corrected chi connectivity index (χ4v) is 3.26. The lowest BCUT2D eigenvalue weighted by molar-refractivity contribution is 0.643. The molecule has 0 aromatic carbocycles. The molecule has 1 saturated heterocycles. The van der Waals surface area contributed by atoms with E-state index in [1.807, 2.05) is 26.2 Å². The molecule has 1 atom stereocenters. The summed E-state index contributed by atoms with van der Waals surface area (Å²) in [5, 5.41) is 11.7. The second kappa shape index (κ2) is 6.95. The zero-order valence-corrected chi connectivity index (χ0v) is 14.0. The molecule has 2 aromatic heterocycles. The summed E-state index contributed by atoms with van der Waals surface area (Å²) in [4.78, 5) is 12.8. The van der Waals surface area contributed by atoms with Gasteiger partial charge in [-0.1, -0.05) is 11.6 Å². The molecule has 1 aliphatic heterocycles. The minimum absolute atomic E-state index is 0.371. The van der Waals surface area contributed by atoms with Crippen LogP contribution in [0.2, 0.25) is 5.15 Å². The van der Waals surface area contributed by atoms with Gasteiger partial charge in [0.25, 0.3) is 0 Å². The second-order valence-electron chi connectivity index (χ2n) is 5.56. The number of nitrogens with one attached hydrogen (secondary N) is 1. The lowest BCUT2D eigenvalue weighted by Gasteiger charge is -2.30. The molecule has 0 radical (unpaired) electrons. The number of rotatable bonds is 5. The van der Waals surface area contributed by atoms with Crippen LogP contribution in [0.15, 0.2) is 24.7 Å². The van der Waals surface area contributed by atoms with Gasteiger partial charge in [0.2, 0.25) is 0 Å². The van der Waals surface area contributed by atoms with E-state index in [-0.39, 0.29) is 0 Å². The highest BCUT2D eigenvalue weighted by atomic mass is 35.5. The molecule has 3 heterocycles. The van der Waals surface area contributed by atoms with Crippen molar-refractivity contribution in [3.05, 3.63) is 29.8 Å². The molecule has 8 heteroatoms. The number of hydrogen-bond donors (Lipinski definition) is 1. The van der Waals surface area contributed by atoms with Crippen LogP contribution in [-0.2, 0) is 0 Å². The Labute approximate surface area is 140 Å². The van der Waals surface area contributed by atoms with Gasteiger partial charge in [0, 0.05) is 39.4 Å². The molecule has 1 N–H and O–H groups in total. The van der Waals surface area contributed by atoms with Crippen LogP contribution >= 0.6 is 11.6 Å². The van der Waals surface area contributed by atoms with Crippen LogP contribution in [-0.4, -0.2) is 53.4 Å². The quantitative estimate of drug-likeness (QED) is 0.840. The van der Waals surface area contributed by atoms with Crippen LogP contribution in [0.4, 0.5) is 17.3 Å². The number of nitrogens with zero attached hydrogens (tertiary/aromatic N) is 6. The third-order valence-corrected chi connectivity index (χ3v) is 4.39. The van der Waals surface area contributed by atoms with Crippen LogP contribution in [0.25, 0.3) is 0 Å². The monoisotopic (exact) mass is 333 g/mol. The molecule has 1 fully saturated rings. The first-order valence-corrected chi connectivity index (χ1v) is 8.02. The van der Waals surface area contributed by atoms with Gasteiger partial charge in [-0.05, 0) is 25.0 Å². The zero-order chi connectivity index (χ0) is 16.2. The van der Waals surface area contributed by atoms with Crippen molar-refractivity contribution in [2.24, 2.45) is 0 Å². The van der Waals surface area contributed by atoms with E-state index in [1.165, 1.54) is 6.33 Å². The summed E-state index contributed by atoms with van der Waals surface area (Å²) in [5.74, 6) is 1.73. The van der Waals surface area contributed by atoms with Gasteiger partial charge in [0.1, 0.15) is 12.0 Å². The van der Waals surface area contributed by atoms with E-state index in [9.17, 15) is 0 Å². The van der Waals surface area contributed by atoms with Crippen LogP contribution in [0.5, 0.6) is 0 Å². The van der Waals surface area contributed by atoms with E-state index in [1.54, 1.807) is 6.20 Å². The summed E-state index contributed by atoms with van der Waals surface area (Å²) in [6.45, 7) is 1.83. The van der Waals surface area contributed by atoms with Crippen molar-refractivity contribution in [3.63, 3.8) is 0 Å². The maximum Gasteiger partial charge on any atom is 0.157 e. The maximum absolute atomic E-state index is 6.15. The standard InChI is InChI=1S/C15H20ClN7/c1-17-13-14(16)18-10-19-15(13)22(2)9-11-5-4-8-23(11)12-6-3-7-20-21-12/h3,6-7,10-11,17H,4-5,8-9H2,1-2H3. The van der Waals surface area contributed by atoms with Crippen molar-refractivity contribution in [2.75, 3.05) is 42.3 Å². The molecule has 7 nitrogen and oxygen atoms in total. The van der Waals surface area contributed by atoms with Crippen LogP contribution in [0.3, 0.4) is 0 Å². The number of likely N-dealkylation sites (N-methyl/N-ethyl adjacent to an activating group) is 1. The molecule has 0 bridgehead atoms. The smallest absolute Gasteiger partial charge is 0.157 e. The van der Waals surface area contributed by atoms with E-state index in [0.29, 0.717) is 11.2 Å². The summed E-state index contributed by atoms with van der Waals surface area (Å²) in [5.41, 5.74) is 0.751. The molecule has 122 valence electrons. The summed E-state index contributed by atoms with van der Waals surface area (Å²) in [6, 6.07) is 4.30. The van der Waals surface area contributed by atoms with Crippen molar-refractivity contribution >= 4 is 28.9 Å². The van der Waals surface area contributed by atoms with Crippen molar-refractivity contribution in [2.45, 2.75) is 18.9 Å². The molecule has 23 heavy (non-hydrogen) atoms. The third-order valence-electron chi connectivity index (χ3n) is 4.11. The van der Waals surface area contributed by atoms with E-state index in [4.69, 9.17) is 11.6 Å². The summed E-state index contributed by atoms with van der Waals surface area (Å²) in [7, 11) is 3.84. The highest BCUT2D eigenvalue weighted by molar-refractivity contribution is 6.32. The lowest BCUT2D eigenvalue weighted by atomic mass is 10.2. The molecule has 0 saturated carbocycles. The molecular formula is C15H20ClN7. The van der Waals surface area contributed by atoms with Gasteiger partial charge in [-0.2, -0.15) is 5.10 Å².